The number of aliphatic hydroxyl groups is 1. The number of benzene rings is 1. The zero-order valence-corrected chi connectivity index (χ0v) is 13.6. The molecule has 1 aromatic carbocycles. The van der Waals surface area contributed by atoms with Crippen molar-refractivity contribution in [2.45, 2.75) is 43.2 Å². The second kappa shape index (κ2) is 5.46. The van der Waals surface area contributed by atoms with Gasteiger partial charge in [-0.2, -0.15) is 4.31 Å². The third-order valence-corrected chi connectivity index (χ3v) is 5.78. The molecule has 1 heterocycles. The Kier molecular flexibility index (Phi) is 4.38. The molecule has 1 fully saturated rings. The van der Waals surface area contributed by atoms with E-state index in [9.17, 15) is 13.5 Å². The van der Waals surface area contributed by atoms with Gasteiger partial charge in [0.05, 0.1) is 16.5 Å². The molecule has 1 aliphatic rings. The quantitative estimate of drug-likeness (QED) is 0.922. The van der Waals surface area contributed by atoms with E-state index in [0.717, 1.165) is 6.42 Å². The average molecular weight is 338 g/mol. The first-order chi connectivity index (χ1) is 9.12. The fraction of sp³-hybridized carbons (Fsp3) is 0.538. The molecule has 1 aliphatic heterocycles. The molecule has 1 unspecified atom stereocenters. The van der Waals surface area contributed by atoms with Crippen LogP contribution in [-0.4, -0.2) is 36.0 Å². The molecule has 1 saturated heterocycles. The van der Waals surface area contributed by atoms with E-state index < -0.39 is 21.7 Å². The Labute approximate surface area is 129 Å². The van der Waals surface area contributed by atoms with Gasteiger partial charge in [0.25, 0.3) is 0 Å². The smallest absolute Gasteiger partial charge is 0.243 e. The van der Waals surface area contributed by atoms with Crippen LogP contribution in [0.15, 0.2) is 23.1 Å². The van der Waals surface area contributed by atoms with Gasteiger partial charge in [-0.05, 0) is 44.9 Å². The van der Waals surface area contributed by atoms with Gasteiger partial charge in [-0.15, -0.1) is 0 Å². The molecule has 7 heteroatoms. The normalized spacial score (nSPS) is 21.4. The maximum atomic E-state index is 12.7. The number of sulfonamides is 1. The summed E-state index contributed by atoms with van der Waals surface area (Å²) in [6.07, 6.45) is 1.36. The summed E-state index contributed by atoms with van der Waals surface area (Å²) in [7, 11) is -3.71. The number of halogens is 2. The topological polar surface area (TPSA) is 57.6 Å². The van der Waals surface area contributed by atoms with E-state index in [1.807, 2.05) is 0 Å². The highest BCUT2D eigenvalue weighted by molar-refractivity contribution is 7.89. The van der Waals surface area contributed by atoms with E-state index in [-0.39, 0.29) is 14.9 Å². The minimum Gasteiger partial charge on any atom is -0.389 e. The lowest BCUT2D eigenvalue weighted by molar-refractivity contribution is 0.0215. The van der Waals surface area contributed by atoms with Crippen LogP contribution in [0, 0.1) is 0 Å². The van der Waals surface area contributed by atoms with Gasteiger partial charge in [-0.1, -0.05) is 23.2 Å². The van der Waals surface area contributed by atoms with E-state index >= 15 is 0 Å². The zero-order chi connectivity index (χ0) is 15.1. The second-order valence-electron chi connectivity index (χ2n) is 5.53. The van der Waals surface area contributed by atoms with Crippen LogP contribution in [0.4, 0.5) is 0 Å². The first-order valence-corrected chi connectivity index (χ1v) is 8.52. The van der Waals surface area contributed by atoms with E-state index in [2.05, 4.69) is 0 Å². The first-order valence-electron chi connectivity index (χ1n) is 6.33. The molecule has 1 aromatic rings. The molecule has 1 N–H and O–H groups in total. The molecule has 2 rings (SSSR count). The van der Waals surface area contributed by atoms with E-state index in [4.69, 9.17) is 23.2 Å². The van der Waals surface area contributed by atoms with Crippen LogP contribution in [-0.2, 0) is 10.0 Å². The lowest BCUT2D eigenvalue weighted by Gasteiger charge is -2.33. The molecule has 0 amide bonds. The second-order valence-corrected chi connectivity index (χ2v) is 8.30. The van der Waals surface area contributed by atoms with Crippen molar-refractivity contribution in [3.05, 3.63) is 28.2 Å². The van der Waals surface area contributed by atoms with Gasteiger partial charge >= 0.3 is 0 Å². The van der Waals surface area contributed by atoms with Crippen LogP contribution >= 0.6 is 23.2 Å². The average Bonchev–Trinajstić information content (AvgIpc) is 2.76. The van der Waals surface area contributed by atoms with Gasteiger partial charge in [0.2, 0.25) is 10.0 Å². The Morgan fingerprint density at radius 2 is 1.80 bits per heavy atom. The summed E-state index contributed by atoms with van der Waals surface area (Å²) in [6.45, 7) is 3.63. The van der Waals surface area contributed by atoms with Crippen LogP contribution in [0.1, 0.15) is 26.7 Å². The van der Waals surface area contributed by atoms with E-state index in [1.54, 1.807) is 13.8 Å². The molecule has 0 bridgehead atoms. The van der Waals surface area contributed by atoms with Gasteiger partial charge in [-0.3, -0.25) is 0 Å². The van der Waals surface area contributed by atoms with Crippen LogP contribution < -0.4 is 0 Å². The Morgan fingerprint density at radius 3 is 2.30 bits per heavy atom. The van der Waals surface area contributed by atoms with Crippen molar-refractivity contribution >= 4 is 33.2 Å². The molecule has 0 spiro atoms. The fourth-order valence-corrected chi connectivity index (χ4v) is 5.09. The number of rotatable bonds is 3. The molecule has 0 aliphatic carbocycles. The minimum atomic E-state index is -3.71. The van der Waals surface area contributed by atoms with Crippen molar-refractivity contribution in [1.29, 1.82) is 0 Å². The van der Waals surface area contributed by atoms with Crippen LogP contribution in [0.25, 0.3) is 0 Å². The third kappa shape index (κ3) is 3.12. The Bertz CT molecular complexity index is 590. The summed E-state index contributed by atoms with van der Waals surface area (Å²) in [5.74, 6) is 0. The van der Waals surface area contributed by atoms with Crippen molar-refractivity contribution < 1.29 is 13.5 Å². The van der Waals surface area contributed by atoms with Crippen LogP contribution in [0.2, 0.25) is 10.0 Å². The number of hydrogen-bond donors (Lipinski definition) is 1. The van der Waals surface area contributed by atoms with E-state index in [1.165, 1.54) is 22.5 Å². The Hall–Kier alpha value is -0.330. The molecule has 0 radical (unpaired) electrons. The summed E-state index contributed by atoms with van der Waals surface area (Å²) in [4.78, 5) is 0.0613. The molecule has 112 valence electrons. The van der Waals surface area contributed by atoms with Crippen molar-refractivity contribution in [1.82, 2.24) is 4.31 Å². The predicted octanol–water partition coefficient (Wildman–Crippen LogP) is 2.92. The van der Waals surface area contributed by atoms with Gasteiger partial charge in [0.15, 0.2) is 0 Å². The number of hydrogen-bond acceptors (Lipinski definition) is 3. The summed E-state index contributed by atoms with van der Waals surface area (Å²) in [5.41, 5.74) is -1.09. The van der Waals surface area contributed by atoms with Crippen LogP contribution in [0.5, 0.6) is 0 Å². The van der Waals surface area contributed by atoms with Gasteiger partial charge in [0.1, 0.15) is 0 Å². The molecule has 4 nitrogen and oxygen atoms in total. The Balaban J connectivity index is 2.44. The maximum Gasteiger partial charge on any atom is 0.243 e. The third-order valence-electron chi connectivity index (χ3n) is 3.46. The van der Waals surface area contributed by atoms with Crippen molar-refractivity contribution in [3.63, 3.8) is 0 Å². The lowest BCUT2D eigenvalue weighted by atomic mass is 9.98. The standard InChI is InChI=1S/C13H17Cl2NO3S/c1-13(2,17)12-4-3-5-16(12)20(18,19)11-7-9(14)6-10(15)8-11/h6-8,12,17H,3-5H2,1-2H3. The molecular weight excluding hydrogens is 321 g/mol. The minimum absolute atomic E-state index is 0.0613. The molecule has 1 atom stereocenters. The molecule has 20 heavy (non-hydrogen) atoms. The summed E-state index contributed by atoms with van der Waals surface area (Å²) in [6, 6.07) is 3.80. The molecule has 0 saturated carbocycles. The van der Waals surface area contributed by atoms with Crippen molar-refractivity contribution in [2.75, 3.05) is 6.54 Å². The lowest BCUT2D eigenvalue weighted by Crippen LogP contribution is -2.48. The first kappa shape index (κ1) is 16.0. The summed E-state index contributed by atoms with van der Waals surface area (Å²) >= 11 is 11.7. The fourth-order valence-electron chi connectivity index (χ4n) is 2.55. The van der Waals surface area contributed by atoms with Gasteiger partial charge < -0.3 is 5.11 Å². The number of nitrogens with zero attached hydrogens (tertiary/aromatic N) is 1. The largest absolute Gasteiger partial charge is 0.389 e. The van der Waals surface area contributed by atoms with Gasteiger partial charge in [-0.25, -0.2) is 8.42 Å². The summed E-state index contributed by atoms with van der Waals surface area (Å²) in [5, 5.41) is 10.7. The monoisotopic (exact) mass is 337 g/mol. The highest BCUT2D eigenvalue weighted by Crippen LogP contribution is 2.33. The highest BCUT2D eigenvalue weighted by Gasteiger charge is 2.42. The SMILES string of the molecule is CC(C)(O)C1CCCN1S(=O)(=O)c1cc(Cl)cc(Cl)c1. The molecule has 0 aromatic heterocycles. The van der Waals surface area contributed by atoms with E-state index in [0.29, 0.717) is 13.0 Å². The van der Waals surface area contributed by atoms with Crippen LogP contribution in [0.3, 0.4) is 0 Å². The Morgan fingerprint density at radius 1 is 1.25 bits per heavy atom. The van der Waals surface area contributed by atoms with Crippen molar-refractivity contribution in [3.8, 4) is 0 Å². The molecular formula is C13H17Cl2NO3S. The predicted molar refractivity (Wildman–Crippen MR) is 79.7 cm³/mol. The van der Waals surface area contributed by atoms with Gasteiger partial charge in [0, 0.05) is 16.6 Å². The summed E-state index contributed by atoms with van der Waals surface area (Å²) < 4.78 is 26.7. The maximum absolute atomic E-state index is 12.7. The zero-order valence-electron chi connectivity index (χ0n) is 11.3. The highest BCUT2D eigenvalue weighted by atomic mass is 35.5. The van der Waals surface area contributed by atoms with Crippen molar-refractivity contribution in [2.24, 2.45) is 0 Å².